The molecule has 0 amide bonds. The molecule has 0 bridgehead atoms. The van der Waals surface area contributed by atoms with Crippen LogP contribution in [-0.2, 0) is 11.2 Å². The van der Waals surface area contributed by atoms with E-state index in [1.165, 1.54) is 6.07 Å². The number of rotatable bonds is 4. The summed E-state index contributed by atoms with van der Waals surface area (Å²) in [6.07, 6.45) is 1.31. The number of alkyl halides is 3. The van der Waals surface area contributed by atoms with E-state index in [2.05, 4.69) is 0 Å². The van der Waals surface area contributed by atoms with Crippen LogP contribution >= 0.6 is 11.8 Å². The highest BCUT2D eigenvalue weighted by atomic mass is 32.2. The van der Waals surface area contributed by atoms with Crippen molar-refractivity contribution in [1.82, 2.24) is 0 Å². The minimum atomic E-state index is -4.29. The van der Waals surface area contributed by atoms with Gasteiger partial charge in [0.15, 0.2) is 0 Å². The average Bonchev–Trinajstić information content (AvgIpc) is 2.16. The van der Waals surface area contributed by atoms with E-state index in [1.807, 2.05) is 6.92 Å². The molecule has 0 atom stereocenters. The third kappa shape index (κ3) is 4.26. The normalized spacial score (nSPS) is 11.5. The van der Waals surface area contributed by atoms with Gasteiger partial charge in [0.25, 0.3) is 0 Å². The highest BCUT2D eigenvalue weighted by Crippen LogP contribution is 2.39. The van der Waals surface area contributed by atoms with Gasteiger partial charge in [0.2, 0.25) is 0 Å². The number of aldehydes is 1. The van der Waals surface area contributed by atoms with Gasteiger partial charge in [-0.05, 0) is 36.7 Å². The molecule has 1 rings (SSSR count). The third-order valence-electron chi connectivity index (χ3n) is 1.97. The zero-order valence-corrected chi connectivity index (χ0v) is 9.49. The van der Waals surface area contributed by atoms with Gasteiger partial charge in [-0.2, -0.15) is 13.2 Å². The Kier molecular flexibility index (Phi) is 4.41. The Bertz CT molecular complexity index is 374. The molecule has 1 nitrogen and oxygen atoms in total. The van der Waals surface area contributed by atoms with Crippen LogP contribution in [0.15, 0.2) is 23.1 Å². The van der Waals surface area contributed by atoms with Crippen molar-refractivity contribution in [1.29, 1.82) is 0 Å². The molecule has 0 N–H and O–H groups in total. The van der Waals surface area contributed by atoms with Crippen molar-refractivity contribution in [3.8, 4) is 0 Å². The molecule has 1 aromatic carbocycles. The molecule has 0 heterocycles. The lowest BCUT2D eigenvalue weighted by Gasteiger charge is -2.11. The summed E-state index contributed by atoms with van der Waals surface area (Å²) in [5.74, 6) is 0. The summed E-state index contributed by atoms with van der Waals surface area (Å²) >= 11 is -0.129. The number of carbonyl (C=O) groups is 1. The molecule has 0 aliphatic rings. The minimum absolute atomic E-state index is 0.129. The molecule has 16 heavy (non-hydrogen) atoms. The lowest BCUT2D eigenvalue weighted by atomic mass is 10.1. The Labute approximate surface area is 96.0 Å². The SMILES string of the molecule is Cc1ccc(SC(F)(F)F)c(CCC=O)c1. The van der Waals surface area contributed by atoms with Crippen molar-refractivity contribution in [2.75, 3.05) is 0 Å². The predicted octanol–water partition coefficient (Wildman–Crippen LogP) is 3.74. The van der Waals surface area contributed by atoms with Gasteiger partial charge in [-0.1, -0.05) is 17.7 Å². The number of hydrogen-bond acceptors (Lipinski definition) is 2. The van der Waals surface area contributed by atoms with Gasteiger partial charge in [-0.15, -0.1) is 0 Å². The zero-order chi connectivity index (χ0) is 12.2. The molecule has 0 aromatic heterocycles. The predicted molar refractivity (Wildman–Crippen MR) is 57.5 cm³/mol. The fourth-order valence-corrected chi connectivity index (χ4v) is 2.02. The molecular weight excluding hydrogens is 237 g/mol. The van der Waals surface area contributed by atoms with Crippen LogP contribution in [0.4, 0.5) is 13.2 Å². The first-order valence-corrected chi connectivity index (χ1v) is 5.53. The fraction of sp³-hybridized carbons (Fsp3) is 0.364. The van der Waals surface area contributed by atoms with E-state index in [-0.39, 0.29) is 23.1 Å². The summed E-state index contributed by atoms with van der Waals surface area (Å²) in [5, 5.41) is 0. The van der Waals surface area contributed by atoms with Crippen LogP contribution < -0.4 is 0 Å². The molecular formula is C11H11F3OS. The topological polar surface area (TPSA) is 17.1 Å². The van der Waals surface area contributed by atoms with E-state index in [9.17, 15) is 18.0 Å². The molecule has 0 fully saturated rings. The van der Waals surface area contributed by atoms with E-state index in [4.69, 9.17) is 0 Å². The minimum Gasteiger partial charge on any atom is -0.303 e. The summed E-state index contributed by atoms with van der Waals surface area (Å²) in [6, 6.07) is 4.78. The first-order chi connectivity index (χ1) is 7.42. The van der Waals surface area contributed by atoms with Crippen LogP contribution in [0.2, 0.25) is 0 Å². The molecule has 0 unspecified atom stereocenters. The van der Waals surface area contributed by atoms with Crippen molar-refractivity contribution in [3.63, 3.8) is 0 Å². The number of thioether (sulfide) groups is 1. The summed E-state index contributed by atoms with van der Waals surface area (Å²) in [4.78, 5) is 10.4. The number of hydrogen-bond donors (Lipinski definition) is 0. The summed E-state index contributed by atoms with van der Waals surface area (Å²) in [7, 11) is 0. The molecule has 0 spiro atoms. The van der Waals surface area contributed by atoms with Crippen molar-refractivity contribution in [2.24, 2.45) is 0 Å². The highest BCUT2D eigenvalue weighted by Gasteiger charge is 2.30. The molecule has 1 aromatic rings. The maximum absolute atomic E-state index is 12.2. The Balaban J connectivity index is 2.93. The zero-order valence-electron chi connectivity index (χ0n) is 8.67. The lowest BCUT2D eigenvalue weighted by Crippen LogP contribution is -2.01. The molecule has 0 saturated heterocycles. The Morgan fingerprint density at radius 3 is 2.62 bits per heavy atom. The van der Waals surface area contributed by atoms with Crippen LogP contribution in [-0.4, -0.2) is 11.8 Å². The number of benzene rings is 1. The second-order valence-corrected chi connectivity index (χ2v) is 4.47. The van der Waals surface area contributed by atoms with Crippen LogP contribution in [0.3, 0.4) is 0 Å². The quantitative estimate of drug-likeness (QED) is 0.596. The van der Waals surface area contributed by atoms with E-state index < -0.39 is 5.51 Å². The van der Waals surface area contributed by atoms with Crippen molar-refractivity contribution < 1.29 is 18.0 Å². The van der Waals surface area contributed by atoms with Crippen molar-refractivity contribution in [2.45, 2.75) is 30.2 Å². The molecule has 0 aliphatic carbocycles. The largest absolute Gasteiger partial charge is 0.446 e. The second-order valence-electron chi connectivity index (χ2n) is 3.36. The smallest absolute Gasteiger partial charge is 0.303 e. The van der Waals surface area contributed by atoms with Crippen LogP contribution in [0, 0.1) is 6.92 Å². The first kappa shape index (κ1) is 13.1. The third-order valence-corrected chi connectivity index (χ3v) is 2.82. The Hall–Kier alpha value is -0.970. The summed E-state index contributed by atoms with van der Waals surface area (Å²) < 4.78 is 36.7. The van der Waals surface area contributed by atoms with E-state index in [1.54, 1.807) is 12.1 Å². The van der Waals surface area contributed by atoms with Gasteiger partial charge < -0.3 is 4.79 Å². The molecule has 5 heteroatoms. The molecule has 0 radical (unpaired) electrons. The van der Waals surface area contributed by atoms with Crippen molar-refractivity contribution >= 4 is 18.0 Å². The maximum Gasteiger partial charge on any atom is 0.446 e. The van der Waals surface area contributed by atoms with Crippen LogP contribution in [0.5, 0.6) is 0 Å². The molecule has 88 valence electrons. The number of aryl methyl sites for hydroxylation is 2. The average molecular weight is 248 g/mol. The Morgan fingerprint density at radius 2 is 2.06 bits per heavy atom. The maximum atomic E-state index is 12.2. The van der Waals surface area contributed by atoms with Gasteiger partial charge in [-0.25, -0.2) is 0 Å². The monoisotopic (exact) mass is 248 g/mol. The number of carbonyl (C=O) groups excluding carboxylic acids is 1. The van der Waals surface area contributed by atoms with Gasteiger partial charge >= 0.3 is 5.51 Å². The molecule has 0 saturated carbocycles. The second kappa shape index (κ2) is 5.39. The van der Waals surface area contributed by atoms with Crippen molar-refractivity contribution in [3.05, 3.63) is 29.3 Å². The van der Waals surface area contributed by atoms with E-state index in [0.29, 0.717) is 18.3 Å². The molecule has 0 aliphatic heterocycles. The highest BCUT2D eigenvalue weighted by molar-refractivity contribution is 8.00. The van der Waals surface area contributed by atoms with E-state index >= 15 is 0 Å². The van der Waals surface area contributed by atoms with Gasteiger partial charge in [-0.3, -0.25) is 0 Å². The first-order valence-electron chi connectivity index (χ1n) is 4.71. The lowest BCUT2D eigenvalue weighted by molar-refractivity contribution is -0.107. The summed E-state index contributed by atoms with van der Waals surface area (Å²) in [5.41, 5.74) is -2.81. The van der Waals surface area contributed by atoms with E-state index in [0.717, 1.165) is 5.56 Å². The fourth-order valence-electron chi connectivity index (χ4n) is 1.34. The Morgan fingerprint density at radius 1 is 1.38 bits per heavy atom. The van der Waals surface area contributed by atoms with Crippen LogP contribution in [0.25, 0.3) is 0 Å². The van der Waals surface area contributed by atoms with Gasteiger partial charge in [0.1, 0.15) is 6.29 Å². The standard InChI is InChI=1S/C11H11F3OS/c1-8-4-5-10(16-11(12,13)14)9(7-8)3-2-6-15/h4-7H,2-3H2,1H3. The van der Waals surface area contributed by atoms with Crippen LogP contribution in [0.1, 0.15) is 17.5 Å². The van der Waals surface area contributed by atoms with Gasteiger partial charge in [0.05, 0.1) is 0 Å². The number of halogens is 3. The summed E-state index contributed by atoms with van der Waals surface area (Å²) in [6.45, 7) is 1.81. The van der Waals surface area contributed by atoms with Gasteiger partial charge in [0, 0.05) is 11.3 Å².